The van der Waals surface area contributed by atoms with Gasteiger partial charge in [0.2, 0.25) is 0 Å². The molecule has 0 fully saturated rings. The molecular formula is C14H10Cl2F2O. The van der Waals surface area contributed by atoms with Crippen molar-refractivity contribution in [1.82, 2.24) is 0 Å². The van der Waals surface area contributed by atoms with Crippen molar-refractivity contribution in [2.45, 2.75) is 12.5 Å². The fourth-order valence-electron chi connectivity index (χ4n) is 1.80. The highest BCUT2D eigenvalue weighted by Gasteiger charge is 2.16. The van der Waals surface area contributed by atoms with Gasteiger partial charge in [-0.1, -0.05) is 35.3 Å². The average Bonchev–Trinajstić information content (AvgIpc) is 2.37. The molecule has 5 heteroatoms. The van der Waals surface area contributed by atoms with Crippen molar-refractivity contribution in [2.24, 2.45) is 0 Å². The van der Waals surface area contributed by atoms with Gasteiger partial charge in [-0.3, -0.25) is 0 Å². The summed E-state index contributed by atoms with van der Waals surface area (Å²) in [6, 6.07) is 8.19. The number of rotatable bonds is 3. The fourth-order valence-corrected chi connectivity index (χ4v) is 2.24. The minimum Gasteiger partial charge on any atom is -0.388 e. The van der Waals surface area contributed by atoms with Crippen LogP contribution in [-0.2, 0) is 6.42 Å². The van der Waals surface area contributed by atoms with E-state index < -0.39 is 17.7 Å². The Kier molecular flexibility index (Phi) is 4.40. The third-order valence-corrected chi connectivity index (χ3v) is 3.40. The van der Waals surface area contributed by atoms with Crippen molar-refractivity contribution in [3.8, 4) is 0 Å². The van der Waals surface area contributed by atoms with Gasteiger partial charge in [0.15, 0.2) is 0 Å². The molecule has 0 saturated heterocycles. The SMILES string of the molecule is OC(Cc1cc(Cl)ccc1F)c1cccc(F)c1Cl. The number of benzene rings is 2. The van der Waals surface area contributed by atoms with Crippen molar-refractivity contribution in [3.05, 3.63) is 69.2 Å². The first-order valence-electron chi connectivity index (χ1n) is 5.55. The molecule has 2 aromatic carbocycles. The lowest BCUT2D eigenvalue weighted by molar-refractivity contribution is 0.177. The van der Waals surface area contributed by atoms with E-state index in [-0.39, 0.29) is 22.6 Å². The monoisotopic (exact) mass is 302 g/mol. The molecule has 0 saturated carbocycles. The maximum absolute atomic E-state index is 13.5. The van der Waals surface area contributed by atoms with Crippen LogP contribution in [0.2, 0.25) is 10.0 Å². The van der Waals surface area contributed by atoms with Crippen molar-refractivity contribution in [1.29, 1.82) is 0 Å². The van der Waals surface area contributed by atoms with Crippen LogP contribution in [0.4, 0.5) is 8.78 Å². The summed E-state index contributed by atoms with van der Waals surface area (Å²) in [6.45, 7) is 0. The zero-order valence-electron chi connectivity index (χ0n) is 9.71. The van der Waals surface area contributed by atoms with E-state index in [4.69, 9.17) is 23.2 Å². The molecular weight excluding hydrogens is 293 g/mol. The van der Waals surface area contributed by atoms with Crippen LogP contribution in [0.5, 0.6) is 0 Å². The quantitative estimate of drug-likeness (QED) is 0.882. The average molecular weight is 303 g/mol. The smallest absolute Gasteiger partial charge is 0.142 e. The molecule has 0 bridgehead atoms. The van der Waals surface area contributed by atoms with Crippen LogP contribution >= 0.6 is 23.2 Å². The second kappa shape index (κ2) is 5.87. The lowest BCUT2D eigenvalue weighted by Crippen LogP contribution is -2.05. The zero-order chi connectivity index (χ0) is 14.0. The molecule has 1 nitrogen and oxygen atoms in total. The van der Waals surface area contributed by atoms with Crippen LogP contribution in [0.25, 0.3) is 0 Å². The van der Waals surface area contributed by atoms with E-state index >= 15 is 0 Å². The molecule has 0 aromatic heterocycles. The Balaban J connectivity index is 2.28. The molecule has 0 heterocycles. The normalized spacial score (nSPS) is 12.5. The Hall–Kier alpha value is -1.16. The number of hydrogen-bond acceptors (Lipinski definition) is 1. The van der Waals surface area contributed by atoms with Crippen LogP contribution in [-0.4, -0.2) is 5.11 Å². The molecule has 1 N–H and O–H groups in total. The molecule has 0 aliphatic carbocycles. The van der Waals surface area contributed by atoms with E-state index in [1.54, 1.807) is 0 Å². The van der Waals surface area contributed by atoms with Crippen molar-refractivity contribution in [2.75, 3.05) is 0 Å². The van der Waals surface area contributed by atoms with E-state index in [0.29, 0.717) is 5.02 Å². The number of halogens is 4. The van der Waals surface area contributed by atoms with Crippen molar-refractivity contribution >= 4 is 23.2 Å². The van der Waals surface area contributed by atoms with Gasteiger partial charge in [-0.25, -0.2) is 8.78 Å². The van der Waals surface area contributed by atoms with E-state index in [0.717, 1.165) is 0 Å². The van der Waals surface area contributed by atoms with E-state index in [9.17, 15) is 13.9 Å². The van der Waals surface area contributed by atoms with E-state index in [1.165, 1.54) is 36.4 Å². The van der Waals surface area contributed by atoms with E-state index in [2.05, 4.69) is 0 Å². The molecule has 19 heavy (non-hydrogen) atoms. The summed E-state index contributed by atoms with van der Waals surface area (Å²) in [5.41, 5.74) is 0.473. The van der Waals surface area contributed by atoms with Gasteiger partial charge in [0.25, 0.3) is 0 Å². The van der Waals surface area contributed by atoms with Crippen LogP contribution in [0.1, 0.15) is 17.2 Å². The van der Waals surface area contributed by atoms with Crippen LogP contribution in [0.15, 0.2) is 36.4 Å². The fraction of sp³-hybridized carbons (Fsp3) is 0.143. The Morgan fingerprint density at radius 1 is 1.05 bits per heavy atom. The Morgan fingerprint density at radius 3 is 2.53 bits per heavy atom. The molecule has 1 unspecified atom stereocenters. The Labute approximate surface area is 119 Å². The molecule has 2 aromatic rings. The van der Waals surface area contributed by atoms with Gasteiger partial charge in [-0.15, -0.1) is 0 Å². The Morgan fingerprint density at radius 2 is 1.79 bits per heavy atom. The summed E-state index contributed by atoms with van der Waals surface area (Å²) in [5.74, 6) is -1.10. The molecule has 0 aliphatic rings. The summed E-state index contributed by atoms with van der Waals surface area (Å²) in [5, 5.41) is 10.2. The van der Waals surface area contributed by atoms with E-state index in [1.807, 2.05) is 0 Å². The minimum atomic E-state index is -1.10. The molecule has 0 aliphatic heterocycles. The molecule has 100 valence electrons. The highest BCUT2D eigenvalue weighted by molar-refractivity contribution is 6.31. The molecule has 2 rings (SSSR count). The van der Waals surface area contributed by atoms with Gasteiger partial charge in [-0.2, -0.15) is 0 Å². The van der Waals surface area contributed by atoms with Gasteiger partial charge in [0, 0.05) is 17.0 Å². The van der Waals surface area contributed by atoms with Crippen LogP contribution in [0, 0.1) is 11.6 Å². The van der Waals surface area contributed by atoms with Gasteiger partial charge in [0.05, 0.1) is 11.1 Å². The first-order chi connectivity index (χ1) is 8.99. The van der Waals surface area contributed by atoms with Crippen LogP contribution < -0.4 is 0 Å². The maximum atomic E-state index is 13.5. The van der Waals surface area contributed by atoms with Crippen molar-refractivity contribution in [3.63, 3.8) is 0 Å². The minimum absolute atomic E-state index is 0.0322. The standard InChI is InChI=1S/C14H10Cl2F2O/c15-9-4-5-11(17)8(6-9)7-13(19)10-2-1-3-12(18)14(10)16/h1-6,13,19H,7H2. The summed E-state index contributed by atoms with van der Waals surface area (Å²) in [4.78, 5) is 0. The summed E-state index contributed by atoms with van der Waals surface area (Å²) in [6.07, 6.45) is -1.13. The summed E-state index contributed by atoms with van der Waals surface area (Å²) >= 11 is 11.5. The maximum Gasteiger partial charge on any atom is 0.142 e. The molecule has 0 amide bonds. The summed E-state index contributed by atoms with van der Waals surface area (Å²) in [7, 11) is 0. The number of aliphatic hydroxyl groups is 1. The topological polar surface area (TPSA) is 20.2 Å². The van der Waals surface area contributed by atoms with Gasteiger partial charge < -0.3 is 5.11 Å². The second-order valence-corrected chi connectivity index (χ2v) is 4.91. The molecule has 0 radical (unpaired) electrons. The van der Waals surface area contributed by atoms with Gasteiger partial charge in [0.1, 0.15) is 11.6 Å². The molecule has 0 spiro atoms. The molecule has 1 atom stereocenters. The predicted octanol–water partition coefficient (Wildman–Crippen LogP) is 4.55. The van der Waals surface area contributed by atoms with Crippen molar-refractivity contribution < 1.29 is 13.9 Å². The summed E-state index contributed by atoms with van der Waals surface area (Å²) < 4.78 is 26.8. The van der Waals surface area contributed by atoms with Gasteiger partial charge in [-0.05, 0) is 29.8 Å². The third kappa shape index (κ3) is 3.24. The second-order valence-electron chi connectivity index (χ2n) is 4.10. The lowest BCUT2D eigenvalue weighted by Gasteiger charge is -2.13. The Bertz CT molecular complexity index is 602. The van der Waals surface area contributed by atoms with Crippen LogP contribution in [0.3, 0.4) is 0 Å². The zero-order valence-corrected chi connectivity index (χ0v) is 11.2. The number of hydrogen-bond donors (Lipinski definition) is 1. The highest BCUT2D eigenvalue weighted by atomic mass is 35.5. The number of aliphatic hydroxyl groups excluding tert-OH is 1. The third-order valence-electron chi connectivity index (χ3n) is 2.76. The predicted molar refractivity (Wildman–Crippen MR) is 71.5 cm³/mol. The largest absolute Gasteiger partial charge is 0.388 e. The highest BCUT2D eigenvalue weighted by Crippen LogP contribution is 2.29. The van der Waals surface area contributed by atoms with Gasteiger partial charge >= 0.3 is 0 Å². The lowest BCUT2D eigenvalue weighted by atomic mass is 10.0. The first-order valence-corrected chi connectivity index (χ1v) is 6.30. The first kappa shape index (κ1) is 14.3.